The average Bonchev–Trinajstić information content (AvgIpc) is 2.67. The van der Waals surface area contributed by atoms with Crippen molar-refractivity contribution in [3.63, 3.8) is 0 Å². The molecule has 30 heavy (non-hydrogen) atoms. The smallest absolute Gasteiger partial charge is 0.392 e. The van der Waals surface area contributed by atoms with E-state index in [0.717, 1.165) is 5.56 Å². The fourth-order valence-electron chi connectivity index (χ4n) is 2.48. The number of halogens is 3. The summed E-state index contributed by atoms with van der Waals surface area (Å²) < 4.78 is 41.4. The summed E-state index contributed by atoms with van der Waals surface area (Å²) in [6, 6.07) is 5.93. The van der Waals surface area contributed by atoms with Crippen LogP contribution in [0.3, 0.4) is 0 Å². The first-order valence-electron chi connectivity index (χ1n) is 9.49. The van der Waals surface area contributed by atoms with Gasteiger partial charge in [-0.15, -0.1) is 0 Å². The molecule has 0 radical (unpaired) electrons. The number of amides is 1. The Balaban J connectivity index is 1.94. The molecule has 2 aromatic heterocycles. The standard InChI is InChI=1S/C21H24F3N3O3/c1-13(2)19(28)11-16-10-15(6-8-25-16)14(3)27-20(29)18-5-4-17(12-26-18)30-9-7-21(22,23)24/h4-6,8,10,12-14H,7,9,11H2,1-3H3,(H,27,29). The van der Waals surface area contributed by atoms with E-state index in [2.05, 4.69) is 15.3 Å². The SMILES string of the molecule is CC(C)C(=O)Cc1cc(C(C)NC(=O)c2ccc(OCCC(F)(F)F)cn2)ccn1. The van der Waals surface area contributed by atoms with Gasteiger partial charge in [0.15, 0.2) is 0 Å². The van der Waals surface area contributed by atoms with Crippen molar-refractivity contribution in [1.29, 1.82) is 0 Å². The maximum atomic E-state index is 12.4. The molecule has 0 aliphatic carbocycles. The number of alkyl halides is 3. The Labute approximate surface area is 172 Å². The monoisotopic (exact) mass is 423 g/mol. The van der Waals surface area contributed by atoms with Crippen molar-refractivity contribution in [2.24, 2.45) is 5.92 Å². The lowest BCUT2D eigenvalue weighted by Crippen LogP contribution is -2.27. The Morgan fingerprint density at radius 3 is 2.47 bits per heavy atom. The van der Waals surface area contributed by atoms with Crippen LogP contribution in [0, 0.1) is 5.92 Å². The van der Waals surface area contributed by atoms with E-state index in [9.17, 15) is 22.8 Å². The second-order valence-corrected chi connectivity index (χ2v) is 7.17. The minimum absolute atomic E-state index is 0.0816. The highest BCUT2D eigenvalue weighted by atomic mass is 19.4. The number of carbonyl (C=O) groups is 2. The predicted molar refractivity (Wildman–Crippen MR) is 104 cm³/mol. The van der Waals surface area contributed by atoms with Gasteiger partial charge in [0.2, 0.25) is 0 Å². The molecule has 0 spiro atoms. The first-order chi connectivity index (χ1) is 14.0. The lowest BCUT2D eigenvalue weighted by molar-refractivity contribution is -0.139. The quantitative estimate of drug-likeness (QED) is 0.658. The van der Waals surface area contributed by atoms with E-state index in [1.165, 1.54) is 18.3 Å². The van der Waals surface area contributed by atoms with Gasteiger partial charge >= 0.3 is 6.18 Å². The van der Waals surface area contributed by atoms with Gasteiger partial charge in [0.25, 0.3) is 5.91 Å². The number of ether oxygens (including phenoxy) is 1. The van der Waals surface area contributed by atoms with E-state index in [1.807, 2.05) is 13.8 Å². The summed E-state index contributed by atoms with van der Waals surface area (Å²) in [5.41, 5.74) is 1.53. The lowest BCUT2D eigenvalue weighted by atomic mass is 10.0. The van der Waals surface area contributed by atoms with Crippen molar-refractivity contribution in [2.45, 2.75) is 45.8 Å². The maximum absolute atomic E-state index is 12.4. The van der Waals surface area contributed by atoms with E-state index >= 15 is 0 Å². The number of ketones is 1. The van der Waals surface area contributed by atoms with Gasteiger partial charge in [0.05, 0.1) is 25.3 Å². The summed E-state index contributed by atoms with van der Waals surface area (Å²) >= 11 is 0. The van der Waals surface area contributed by atoms with Crippen LogP contribution in [-0.2, 0) is 11.2 Å². The van der Waals surface area contributed by atoms with E-state index in [4.69, 9.17) is 4.74 Å². The van der Waals surface area contributed by atoms with Gasteiger partial charge in [0, 0.05) is 24.2 Å². The summed E-state index contributed by atoms with van der Waals surface area (Å²) in [4.78, 5) is 32.5. The van der Waals surface area contributed by atoms with E-state index < -0.39 is 25.1 Å². The molecule has 1 unspecified atom stereocenters. The van der Waals surface area contributed by atoms with Gasteiger partial charge in [-0.2, -0.15) is 13.2 Å². The van der Waals surface area contributed by atoms with Crippen molar-refractivity contribution in [1.82, 2.24) is 15.3 Å². The molecule has 1 amide bonds. The van der Waals surface area contributed by atoms with Crippen LogP contribution >= 0.6 is 0 Å². The summed E-state index contributed by atoms with van der Waals surface area (Å²) in [6.45, 7) is 4.93. The molecule has 6 nitrogen and oxygen atoms in total. The number of carbonyl (C=O) groups excluding carboxylic acids is 2. The molecule has 0 saturated carbocycles. The number of rotatable bonds is 9. The van der Waals surface area contributed by atoms with Gasteiger partial charge in [-0.1, -0.05) is 13.8 Å². The molecule has 0 aliphatic rings. The number of aromatic nitrogens is 2. The van der Waals surface area contributed by atoms with Crippen LogP contribution in [0.25, 0.3) is 0 Å². The second kappa shape index (κ2) is 10.2. The number of nitrogens with zero attached hydrogens (tertiary/aromatic N) is 2. The fraction of sp³-hybridized carbons (Fsp3) is 0.429. The Bertz CT molecular complexity index is 868. The molecule has 9 heteroatoms. The average molecular weight is 423 g/mol. The number of Topliss-reactive ketones (excluding diaryl/α,β-unsaturated/α-hetero) is 1. The zero-order valence-electron chi connectivity index (χ0n) is 17.0. The van der Waals surface area contributed by atoms with Crippen molar-refractivity contribution in [3.8, 4) is 5.75 Å². The van der Waals surface area contributed by atoms with Crippen LogP contribution in [0.1, 0.15) is 55.0 Å². The molecule has 0 bridgehead atoms. The molecule has 162 valence electrons. The summed E-state index contributed by atoms with van der Waals surface area (Å²) in [6.07, 6.45) is -2.34. The molecule has 2 aromatic rings. The number of pyridine rings is 2. The molecule has 0 saturated heterocycles. The zero-order valence-corrected chi connectivity index (χ0v) is 17.0. The summed E-state index contributed by atoms with van der Waals surface area (Å²) in [5, 5.41) is 2.79. The Morgan fingerprint density at radius 1 is 1.13 bits per heavy atom. The van der Waals surface area contributed by atoms with Gasteiger partial charge in [-0.25, -0.2) is 4.98 Å². The fourth-order valence-corrected chi connectivity index (χ4v) is 2.48. The molecule has 0 aliphatic heterocycles. The van der Waals surface area contributed by atoms with Crippen LogP contribution in [0.15, 0.2) is 36.7 Å². The lowest BCUT2D eigenvalue weighted by Gasteiger charge is -2.15. The molecular weight excluding hydrogens is 399 g/mol. The highest BCUT2D eigenvalue weighted by molar-refractivity contribution is 5.92. The van der Waals surface area contributed by atoms with Crippen LogP contribution in [0.2, 0.25) is 0 Å². The molecule has 1 atom stereocenters. The van der Waals surface area contributed by atoms with Crippen LogP contribution < -0.4 is 10.1 Å². The topological polar surface area (TPSA) is 81.2 Å². The predicted octanol–water partition coefficient (Wildman–Crippen LogP) is 4.07. The maximum Gasteiger partial charge on any atom is 0.392 e. The van der Waals surface area contributed by atoms with E-state index in [-0.39, 0.29) is 35.6 Å². The second-order valence-electron chi connectivity index (χ2n) is 7.17. The van der Waals surface area contributed by atoms with Crippen LogP contribution in [0.4, 0.5) is 13.2 Å². The molecule has 0 aromatic carbocycles. The third kappa shape index (κ3) is 7.46. The summed E-state index contributed by atoms with van der Waals surface area (Å²) in [7, 11) is 0. The molecule has 2 heterocycles. The number of hydrogen-bond donors (Lipinski definition) is 1. The number of nitrogens with one attached hydrogen (secondary N) is 1. The Kier molecular flexibility index (Phi) is 7.91. The van der Waals surface area contributed by atoms with Crippen LogP contribution in [-0.4, -0.2) is 34.4 Å². The molecule has 0 fully saturated rings. The van der Waals surface area contributed by atoms with Crippen molar-refractivity contribution >= 4 is 11.7 Å². The van der Waals surface area contributed by atoms with Crippen molar-refractivity contribution in [2.75, 3.05) is 6.61 Å². The van der Waals surface area contributed by atoms with E-state index in [1.54, 1.807) is 25.3 Å². The van der Waals surface area contributed by atoms with Gasteiger partial charge in [0.1, 0.15) is 17.2 Å². The Morgan fingerprint density at radius 2 is 1.87 bits per heavy atom. The minimum atomic E-state index is -4.29. The highest BCUT2D eigenvalue weighted by Gasteiger charge is 2.26. The third-order valence-corrected chi connectivity index (χ3v) is 4.31. The van der Waals surface area contributed by atoms with E-state index in [0.29, 0.717) is 5.69 Å². The first-order valence-corrected chi connectivity index (χ1v) is 9.49. The first kappa shape index (κ1) is 23.3. The van der Waals surface area contributed by atoms with Crippen LogP contribution in [0.5, 0.6) is 5.75 Å². The minimum Gasteiger partial charge on any atom is -0.492 e. The third-order valence-electron chi connectivity index (χ3n) is 4.31. The van der Waals surface area contributed by atoms with Gasteiger partial charge < -0.3 is 10.1 Å². The highest BCUT2D eigenvalue weighted by Crippen LogP contribution is 2.20. The van der Waals surface area contributed by atoms with Crippen molar-refractivity contribution < 1.29 is 27.5 Å². The molecular formula is C21H24F3N3O3. The largest absolute Gasteiger partial charge is 0.492 e. The zero-order chi connectivity index (χ0) is 22.3. The Hall–Kier alpha value is -2.97. The van der Waals surface area contributed by atoms with Crippen molar-refractivity contribution in [3.05, 3.63) is 53.6 Å². The van der Waals surface area contributed by atoms with Gasteiger partial charge in [-0.05, 0) is 36.8 Å². The molecule has 2 rings (SSSR count). The summed E-state index contributed by atoms with van der Waals surface area (Å²) in [5.74, 6) is -0.296. The van der Waals surface area contributed by atoms with Gasteiger partial charge in [-0.3, -0.25) is 14.6 Å². The molecule has 1 N–H and O–H groups in total. The number of hydrogen-bond acceptors (Lipinski definition) is 5. The normalized spacial score (nSPS) is 12.5.